The second-order valence-corrected chi connectivity index (χ2v) is 6.25. The summed E-state index contributed by atoms with van der Waals surface area (Å²) in [5, 5.41) is 9.17. The number of carbonyl (C=O) groups is 3. The van der Waals surface area contributed by atoms with Crippen LogP contribution in [0.5, 0.6) is 5.75 Å². The number of aromatic nitrogens is 2. The van der Waals surface area contributed by atoms with Crippen LogP contribution in [0.4, 0.5) is 10.5 Å². The number of nitrogens with one attached hydrogen (secondary N) is 2. The Bertz CT molecular complexity index is 846. The summed E-state index contributed by atoms with van der Waals surface area (Å²) in [4.78, 5) is 37.8. The second-order valence-electron chi connectivity index (χ2n) is 6.25. The van der Waals surface area contributed by atoms with Crippen molar-refractivity contribution in [1.82, 2.24) is 20.0 Å². The highest BCUT2D eigenvalue weighted by molar-refractivity contribution is 6.06. The molecule has 9 heteroatoms. The molecule has 1 atom stereocenters. The largest absolute Gasteiger partial charge is 0.497 e. The first-order valence-electron chi connectivity index (χ1n) is 8.49. The molecule has 142 valence electrons. The van der Waals surface area contributed by atoms with Crippen LogP contribution in [0.2, 0.25) is 0 Å². The minimum atomic E-state index is -0.856. The molecule has 9 nitrogen and oxygen atoms in total. The summed E-state index contributed by atoms with van der Waals surface area (Å²) >= 11 is 0. The summed E-state index contributed by atoms with van der Waals surface area (Å²) in [7, 11) is 3.32. The van der Waals surface area contributed by atoms with Crippen molar-refractivity contribution in [2.75, 3.05) is 19.0 Å². The van der Waals surface area contributed by atoms with Crippen LogP contribution in [0.15, 0.2) is 36.7 Å². The Labute approximate surface area is 156 Å². The molecule has 1 aliphatic rings. The van der Waals surface area contributed by atoms with Gasteiger partial charge in [-0.25, -0.2) is 4.79 Å². The van der Waals surface area contributed by atoms with Crippen molar-refractivity contribution in [2.24, 2.45) is 7.05 Å². The zero-order valence-electron chi connectivity index (χ0n) is 15.1. The number of hydrogen-bond donors (Lipinski definition) is 2. The van der Waals surface area contributed by atoms with Crippen LogP contribution in [0.1, 0.15) is 12.0 Å². The Morgan fingerprint density at radius 1 is 1.30 bits per heavy atom. The average Bonchev–Trinajstić information content (AvgIpc) is 3.16. The SMILES string of the molecule is COc1ccc(CCN2C(=O)NC(CC(=O)Nc3cnn(C)c3)C2=O)cc1. The number of methoxy groups -OCH3 is 1. The topological polar surface area (TPSA) is 106 Å². The van der Waals surface area contributed by atoms with Crippen molar-refractivity contribution in [1.29, 1.82) is 0 Å². The number of rotatable bonds is 7. The number of ether oxygens (including phenoxy) is 1. The summed E-state index contributed by atoms with van der Waals surface area (Å²) < 4.78 is 6.66. The molecule has 2 heterocycles. The smallest absolute Gasteiger partial charge is 0.324 e. The maximum absolute atomic E-state index is 12.5. The molecule has 3 rings (SSSR count). The third-order valence-corrected chi connectivity index (χ3v) is 4.27. The van der Waals surface area contributed by atoms with E-state index in [1.807, 2.05) is 24.3 Å². The number of urea groups is 1. The Morgan fingerprint density at radius 2 is 2.04 bits per heavy atom. The number of anilines is 1. The fourth-order valence-electron chi connectivity index (χ4n) is 2.84. The standard InChI is InChI=1S/C18H21N5O4/c1-22-11-13(10-19-22)20-16(24)9-15-17(25)23(18(26)21-15)8-7-12-3-5-14(27-2)6-4-12/h3-6,10-11,15H,7-9H2,1-2H3,(H,20,24)(H,21,26). The molecule has 1 fully saturated rings. The molecule has 0 radical (unpaired) electrons. The lowest BCUT2D eigenvalue weighted by Gasteiger charge is -2.13. The van der Waals surface area contributed by atoms with Gasteiger partial charge < -0.3 is 15.4 Å². The molecular weight excluding hydrogens is 350 g/mol. The highest BCUT2D eigenvalue weighted by Gasteiger charge is 2.38. The van der Waals surface area contributed by atoms with Crippen molar-refractivity contribution in [3.8, 4) is 5.75 Å². The van der Waals surface area contributed by atoms with E-state index in [0.717, 1.165) is 16.2 Å². The quantitative estimate of drug-likeness (QED) is 0.704. The zero-order valence-corrected chi connectivity index (χ0v) is 15.1. The molecule has 0 saturated carbocycles. The van der Waals surface area contributed by atoms with Crippen LogP contribution in [0, 0.1) is 0 Å². The van der Waals surface area contributed by atoms with Crippen molar-refractivity contribution < 1.29 is 19.1 Å². The highest BCUT2D eigenvalue weighted by atomic mass is 16.5. The van der Waals surface area contributed by atoms with Gasteiger partial charge in [-0.05, 0) is 24.1 Å². The number of carbonyl (C=O) groups excluding carboxylic acids is 3. The molecule has 1 aromatic carbocycles. The van der Waals surface area contributed by atoms with Crippen LogP contribution in [-0.2, 0) is 23.1 Å². The van der Waals surface area contributed by atoms with Crippen molar-refractivity contribution in [3.63, 3.8) is 0 Å². The first kappa shape index (κ1) is 18.4. The van der Waals surface area contributed by atoms with Gasteiger partial charge in [0.25, 0.3) is 5.91 Å². The number of benzene rings is 1. The van der Waals surface area contributed by atoms with Gasteiger partial charge in [-0.15, -0.1) is 0 Å². The van der Waals surface area contributed by atoms with Gasteiger partial charge >= 0.3 is 6.03 Å². The first-order valence-corrected chi connectivity index (χ1v) is 8.49. The fraction of sp³-hybridized carbons (Fsp3) is 0.333. The van der Waals surface area contributed by atoms with Crippen LogP contribution in [0.3, 0.4) is 0 Å². The molecule has 4 amide bonds. The van der Waals surface area contributed by atoms with Crippen LogP contribution < -0.4 is 15.4 Å². The molecule has 1 unspecified atom stereocenters. The third-order valence-electron chi connectivity index (χ3n) is 4.27. The number of aryl methyl sites for hydroxylation is 1. The minimum Gasteiger partial charge on any atom is -0.497 e. The van der Waals surface area contributed by atoms with Gasteiger partial charge in [0.1, 0.15) is 11.8 Å². The predicted octanol–water partition coefficient (Wildman–Crippen LogP) is 0.920. The van der Waals surface area contributed by atoms with Gasteiger partial charge in [-0.2, -0.15) is 5.10 Å². The van der Waals surface area contributed by atoms with Crippen molar-refractivity contribution in [2.45, 2.75) is 18.9 Å². The highest BCUT2D eigenvalue weighted by Crippen LogP contribution is 2.15. The Kier molecular flexibility index (Phi) is 5.39. The average molecular weight is 371 g/mol. The van der Waals surface area contributed by atoms with Crippen LogP contribution in [0.25, 0.3) is 0 Å². The molecule has 0 aliphatic carbocycles. The van der Waals surface area contributed by atoms with E-state index in [4.69, 9.17) is 4.74 Å². The molecule has 0 spiro atoms. The molecule has 0 bridgehead atoms. The summed E-state index contributed by atoms with van der Waals surface area (Å²) in [5.41, 5.74) is 1.52. The normalized spacial score (nSPS) is 16.4. The molecule has 1 aromatic heterocycles. The van der Waals surface area contributed by atoms with Gasteiger partial charge in [0, 0.05) is 19.8 Å². The zero-order chi connectivity index (χ0) is 19.4. The van der Waals surface area contributed by atoms with Gasteiger partial charge in [0.05, 0.1) is 25.4 Å². The molecular formula is C18H21N5O4. The first-order chi connectivity index (χ1) is 13.0. The van der Waals surface area contributed by atoms with E-state index in [9.17, 15) is 14.4 Å². The molecule has 1 aliphatic heterocycles. The lowest BCUT2D eigenvalue weighted by atomic mass is 10.1. The van der Waals surface area contributed by atoms with E-state index in [1.54, 1.807) is 25.0 Å². The van der Waals surface area contributed by atoms with Crippen molar-refractivity contribution in [3.05, 3.63) is 42.2 Å². The van der Waals surface area contributed by atoms with E-state index in [1.165, 1.54) is 6.20 Å². The lowest BCUT2D eigenvalue weighted by molar-refractivity contribution is -0.129. The second kappa shape index (κ2) is 7.90. The Morgan fingerprint density at radius 3 is 2.67 bits per heavy atom. The van der Waals surface area contributed by atoms with Gasteiger partial charge in [-0.1, -0.05) is 12.1 Å². The maximum atomic E-state index is 12.5. The third kappa shape index (κ3) is 4.43. The monoisotopic (exact) mass is 371 g/mol. The lowest BCUT2D eigenvalue weighted by Crippen LogP contribution is -2.34. The molecule has 2 N–H and O–H groups in total. The van der Waals surface area contributed by atoms with Gasteiger partial charge in [-0.3, -0.25) is 19.2 Å². The van der Waals surface area contributed by atoms with E-state index in [2.05, 4.69) is 15.7 Å². The Hall–Kier alpha value is -3.36. The van der Waals surface area contributed by atoms with Crippen molar-refractivity contribution >= 4 is 23.5 Å². The van der Waals surface area contributed by atoms with Gasteiger partial charge in [0.2, 0.25) is 5.91 Å². The number of amides is 4. The fourth-order valence-corrected chi connectivity index (χ4v) is 2.84. The minimum absolute atomic E-state index is 0.126. The van der Waals surface area contributed by atoms with E-state index >= 15 is 0 Å². The number of hydrogen-bond acceptors (Lipinski definition) is 5. The molecule has 1 saturated heterocycles. The molecule has 2 aromatic rings. The number of imide groups is 1. The summed E-state index contributed by atoms with van der Waals surface area (Å²) in [6.45, 7) is 0.248. The number of nitrogens with zero attached hydrogens (tertiary/aromatic N) is 3. The van der Waals surface area contributed by atoms with E-state index in [0.29, 0.717) is 12.1 Å². The summed E-state index contributed by atoms with van der Waals surface area (Å²) in [6.07, 6.45) is 3.55. The predicted molar refractivity (Wildman–Crippen MR) is 97.2 cm³/mol. The molecule has 27 heavy (non-hydrogen) atoms. The van der Waals surface area contributed by atoms with E-state index in [-0.39, 0.29) is 18.9 Å². The summed E-state index contributed by atoms with van der Waals surface area (Å²) in [6, 6.07) is 6.09. The van der Waals surface area contributed by atoms with Crippen LogP contribution >= 0.6 is 0 Å². The van der Waals surface area contributed by atoms with Crippen LogP contribution in [-0.4, -0.2) is 52.2 Å². The maximum Gasteiger partial charge on any atom is 0.324 e. The summed E-state index contributed by atoms with van der Waals surface area (Å²) in [5.74, 6) is -0.0121. The Balaban J connectivity index is 1.53. The van der Waals surface area contributed by atoms with Gasteiger partial charge in [0.15, 0.2) is 0 Å². The van der Waals surface area contributed by atoms with E-state index < -0.39 is 18.0 Å².